The van der Waals surface area contributed by atoms with E-state index in [0.717, 1.165) is 57.2 Å². The van der Waals surface area contributed by atoms with E-state index >= 15 is 0 Å². The maximum absolute atomic E-state index is 5.24. The summed E-state index contributed by atoms with van der Waals surface area (Å²) in [5.74, 6) is 0.219. The number of hydrogen-bond acceptors (Lipinski definition) is 3. The van der Waals surface area contributed by atoms with Crippen molar-refractivity contribution in [2.75, 3.05) is 0 Å². The summed E-state index contributed by atoms with van der Waals surface area (Å²) in [6.45, 7) is 4.79. The molecule has 0 radical (unpaired) electrons. The van der Waals surface area contributed by atoms with Crippen molar-refractivity contribution in [1.29, 1.82) is 0 Å². The van der Waals surface area contributed by atoms with Gasteiger partial charge in [0.2, 0.25) is 0 Å². The molecule has 2 atom stereocenters. The Bertz CT molecular complexity index is 3450. The maximum Gasteiger partial charge on any atom is 0.126 e. The van der Waals surface area contributed by atoms with E-state index in [1.807, 2.05) is 0 Å². The Kier molecular flexibility index (Phi) is 10.9. The molecule has 4 aliphatic rings. The minimum atomic E-state index is -0.0743. The third-order valence-electron chi connectivity index (χ3n) is 13.7. The van der Waals surface area contributed by atoms with Crippen LogP contribution in [-0.4, -0.2) is 16.8 Å². The van der Waals surface area contributed by atoms with Crippen LogP contribution in [0.1, 0.15) is 56.5 Å². The third kappa shape index (κ3) is 7.94. The van der Waals surface area contributed by atoms with Gasteiger partial charge in [0, 0.05) is 34.0 Å². The predicted octanol–water partition coefficient (Wildman–Crippen LogP) is 15.5. The molecule has 3 aliphatic heterocycles. The largest absolute Gasteiger partial charge is 0.363 e. The van der Waals surface area contributed by atoms with Gasteiger partial charge in [0.1, 0.15) is 6.17 Å². The fourth-order valence-electron chi connectivity index (χ4n) is 10.3. The summed E-state index contributed by atoms with van der Waals surface area (Å²) in [5, 5.41) is 3.77. The highest BCUT2D eigenvalue weighted by Crippen LogP contribution is 2.54. The standard InChI is InChI=1S/C66H49N3/c1-45-43-59(50-19-7-2-8-20-50)63(53-25-13-5-14-26-53)65-58-30-18-17-29-57(58)62(64(69(45)65)55-27-15-6-16-28-55)54-39-35-48(36-40-54)46-31-33-47(34-32-46)49-37-41-56(42-38-49)66-67-60(51-21-9-3-10-22-51)44-61(68-66)52-23-11-4-12-24-52/h2-41,43-44,56,66-67H,1,42H2. The van der Waals surface area contributed by atoms with Gasteiger partial charge in [-0.25, -0.2) is 0 Å². The Morgan fingerprint density at radius 2 is 0.928 bits per heavy atom. The van der Waals surface area contributed by atoms with E-state index in [-0.39, 0.29) is 12.1 Å². The van der Waals surface area contributed by atoms with Crippen LogP contribution in [0.5, 0.6) is 0 Å². The molecule has 3 heteroatoms. The molecule has 328 valence electrons. The van der Waals surface area contributed by atoms with Gasteiger partial charge in [-0.1, -0.05) is 249 Å². The second kappa shape index (κ2) is 18.1. The van der Waals surface area contributed by atoms with Crippen LogP contribution in [0.15, 0.2) is 272 Å². The lowest BCUT2D eigenvalue weighted by Crippen LogP contribution is -2.37. The third-order valence-corrected chi connectivity index (χ3v) is 13.7. The van der Waals surface area contributed by atoms with E-state index in [4.69, 9.17) is 11.6 Å². The minimum Gasteiger partial charge on any atom is -0.363 e. The van der Waals surface area contributed by atoms with Gasteiger partial charge < -0.3 is 10.2 Å². The molecule has 0 saturated carbocycles. The van der Waals surface area contributed by atoms with Crippen LogP contribution in [0.3, 0.4) is 0 Å². The van der Waals surface area contributed by atoms with Crippen LogP contribution in [-0.2, 0) is 0 Å². The molecule has 8 aromatic carbocycles. The van der Waals surface area contributed by atoms with Crippen LogP contribution in [0.4, 0.5) is 0 Å². The van der Waals surface area contributed by atoms with E-state index in [1.165, 1.54) is 61.2 Å². The van der Waals surface area contributed by atoms with E-state index in [2.05, 4.69) is 265 Å². The average Bonchev–Trinajstić information content (AvgIpc) is 3.44. The molecular formula is C66H49N3. The lowest BCUT2D eigenvalue weighted by molar-refractivity contribution is 0.471. The number of hydrogen-bond donors (Lipinski definition) is 1. The van der Waals surface area contributed by atoms with Crippen LogP contribution >= 0.6 is 0 Å². The zero-order chi connectivity index (χ0) is 46.1. The molecule has 0 aromatic heterocycles. The molecule has 1 aliphatic carbocycles. The molecule has 2 unspecified atom stereocenters. The van der Waals surface area contributed by atoms with Gasteiger partial charge in [-0.3, -0.25) is 4.99 Å². The summed E-state index contributed by atoms with van der Waals surface area (Å²) >= 11 is 0. The SMILES string of the molecule is C=C1C=C(c2ccccc2)C(c2ccccc2)=C2c3ccccc3C(c3ccc(-c4ccc(C5=CCC(C6N=C(c7ccccc7)C=C(c7ccccc7)N6)C=C5)cc4)cc3)=C(c3ccccc3)N12. The van der Waals surface area contributed by atoms with Gasteiger partial charge in [0.15, 0.2) is 0 Å². The Labute approximate surface area is 405 Å². The lowest BCUT2D eigenvalue weighted by atomic mass is 9.78. The number of aliphatic imine (C=N–C) groups is 1. The zero-order valence-corrected chi connectivity index (χ0v) is 38.2. The van der Waals surface area contributed by atoms with E-state index in [0.29, 0.717) is 0 Å². The van der Waals surface area contributed by atoms with Gasteiger partial charge in [-0.2, -0.15) is 0 Å². The second-order valence-corrected chi connectivity index (χ2v) is 17.9. The number of nitrogens with one attached hydrogen (secondary N) is 1. The molecule has 3 heterocycles. The first kappa shape index (κ1) is 41.6. The van der Waals surface area contributed by atoms with E-state index in [1.54, 1.807) is 0 Å². The Morgan fingerprint density at radius 1 is 0.435 bits per heavy atom. The molecule has 0 spiro atoms. The van der Waals surface area contributed by atoms with Crippen molar-refractivity contribution < 1.29 is 0 Å². The van der Waals surface area contributed by atoms with Crippen molar-refractivity contribution >= 4 is 45.1 Å². The van der Waals surface area contributed by atoms with Crippen molar-refractivity contribution in [2.45, 2.75) is 12.6 Å². The minimum absolute atomic E-state index is 0.0743. The summed E-state index contributed by atoms with van der Waals surface area (Å²) in [6.07, 6.45) is 12.2. The summed E-state index contributed by atoms with van der Waals surface area (Å²) in [5.41, 5.74) is 22.9. The van der Waals surface area contributed by atoms with Gasteiger partial charge >= 0.3 is 0 Å². The van der Waals surface area contributed by atoms with Crippen molar-refractivity contribution in [1.82, 2.24) is 10.2 Å². The molecule has 0 bridgehead atoms. The monoisotopic (exact) mass is 883 g/mol. The van der Waals surface area contributed by atoms with Crippen LogP contribution in [0.2, 0.25) is 0 Å². The van der Waals surface area contributed by atoms with Crippen molar-refractivity contribution in [3.63, 3.8) is 0 Å². The van der Waals surface area contributed by atoms with Crippen molar-refractivity contribution in [3.8, 4) is 11.1 Å². The van der Waals surface area contributed by atoms with Gasteiger partial charge in [0.05, 0.1) is 17.1 Å². The van der Waals surface area contributed by atoms with Gasteiger partial charge in [-0.05, 0) is 85.4 Å². The molecule has 69 heavy (non-hydrogen) atoms. The molecule has 0 saturated heterocycles. The first-order valence-electron chi connectivity index (χ1n) is 23.9. The molecule has 8 aromatic rings. The maximum atomic E-state index is 5.24. The Hall–Kier alpha value is -8.79. The Morgan fingerprint density at radius 3 is 1.52 bits per heavy atom. The summed E-state index contributed by atoms with van der Waals surface area (Å²) in [6, 6.07) is 80.4. The topological polar surface area (TPSA) is 27.6 Å². The van der Waals surface area contributed by atoms with E-state index < -0.39 is 0 Å². The number of nitrogens with zero attached hydrogens (tertiary/aromatic N) is 2. The van der Waals surface area contributed by atoms with Crippen LogP contribution in [0.25, 0.3) is 50.5 Å². The van der Waals surface area contributed by atoms with Gasteiger partial charge in [-0.15, -0.1) is 0 Å². The number of fused-ring (bicyclic) bond motifs is 3. The summed E-state index contributed by atoms with van der Waals surface area (Å²) in [7, 11) is 0. The fourth-order valence-corrected chi connectivity index (χ4v) is 10.3. The average molecular weight is 884 g/mol. The fraction of sp³-hybridized carbons (Fsp3) is 0.0455. The van der Waals surface area contributed by atoms with Crippen LogP contribution < -0.4 is 5.32 Å². The predicted molar refractivity (Wildman–Crippen MR) is 289 cm³/mol. The second-order valence-electron chi connectivity index (χ2n) is 17.9. The quantitative estimate of drug-likeness (QED) is 0.156. The van der Waals surface area contributed by atoms with Crippen LogP contribution in [0, 0.1) is 5.92 Å². The molecule has 1 N–H and O–H groups in total. The van der Waals surface area contributed by atoms with Crippen molar-refractivity contribution in [3.05, 3.63) is 317 Å². The number of allylic oxidation sites excluding steroid dienone is 7. The zero-order valence-electron chi connectivity index (χ0n) is 38.2. The molecule has 0 amide bonds. The highest BCUT2D eigenvalue weighted by molar-refractivity contribution is 6.21. The molecular weight excluding hydrogens is 835 g/mol. The molecule has 12 rings (SSSR count). The lowest BCUT2D eigenvalue weighted by Gasteiger charge is -2.42. The first-order chi connectivity index (χ1) is 34.1. The number of benzene rings is 8. The first-order valence-corrected chi connectivity index (χ1v) is 23.9. The van der Waals surface area contributed by atoms with Gasteiger partial charge in [0.25, 0.3) is 0 Å². The van der Waals surface area contributed by atoms with Crippen molar-refractivity contribution in [2.24, 2.45) is 10.9 Å². The summed E-state index contributed by atoms with van der Waals surface area (Å²) < 4.78 is 0. The normalized spacial score (nSPS) is 17.5. The number of rotatable bonds is 9. The molecule has 3 nitrogen and oxygen atoms in total. The molecule has 0 fully saturated rings. The van der Waals surface area contributed by atoms with E-state index in [9.17, 15) is 0 Å². The summed E-state index contributed by atoms with van der Waals surface area (Å²) in [4.78, 5) is 7.65. The highest BCUT2D eigenvalue weighted by atomic mass is 15.2. The highest BCUT2D eigenvalue weighted by Gasteiger charge is 2.37. The smallest absolute Gasteiger partial charge is 0.126 e. The Balaban J connectivity index is 0.856.